The van der Waals surface area contributed by atoms with Gasteiger partial charge >= 0.3 is 0 Å². The molecule has 0 aliphatic carbocycles. The Kier molecular flexibility index (Phi) is 10.9. The Balaban J connectivity index is 1.67. The molecule has 0 atom stereocenters. The van der Waals surface area contributed by atoms with Crippen molar-refractivity contribution in [3.63, 3.8) is 0 Å². The molecule has 0 heterocycles. The highest BCUT2D eigenvalue weighted by atomic mass is 127. The van der Waals surface area contributed by atoms with E-state index in [9.17, 15) is 4.79 Å². The van der Waals surface area contributed by atoms with Gasteiger partial charge in [0.25, 0.3) is 0 Å². The third-order valence-corrected chi connectivity index (χ3v) is 4.74. The molecule has 0 saturated carbocycles. The number of likely N-dealkylation sites (N-methyl/N-ethyl adjacent to an activating group) is 1. The summed E-state index contributed by atoms with van der Waals surface area (Å²) in [5, 5.41) is 3.00. The quantitative estimate of drug-likeness (QED) is 0.133. The summed E-state index contributed by atoms with van der Waals surface area (Å²) in [6.07, 6.45) is 0.289. The summed E-state index contributed by atoms with van der Waals surface area (Å²) in [4.78, 5) is 17.6. The molecule has 0 saturated heterocycles. The number of ketones is 1. The number of halogens is 1. The third kappa shape index (κ3) is 9.05. The first-order valence-electron chi connectivity index (χ1n) is 9.37. The highest BCUT2D eigenvalue weighted by molar-refractivity contribution is 14.1. The van der Waals surface area contributed by atoms with Crippen LogP contribution in [-0.2, 0) is 9.57 Å². The molecule has 0 aromatic heterocycles. The minimum atomic E-state index is 0.0337. The number of hydrogen-bond acceptors (Lipinski definition) is 6. The SMILES string of the molecule is C=C(CC(=O)c1ccc(OCCOCONCCNC)cc1)c1ccc(I)cc1. The van der Waals surface area contributed by atoms with Crippen molar-refractivity contribution < 1.29 is 19.1 Å². The normalized spacial score (nSPS) is 10.7. The molecule has 0 amide bonds. The fourth-order valence-electron chi connectivity index (χ4n) is 2.43. The number of nitrogens with one attached hydrogen (secondary N) is 2. The molecule has 156 valence electrons. The number of rotatable bonds is 14. The van der Waals surface area contributed by atoms with E-state index in [1.54, 1.807) is 24.3 Å². The maximum absolute atomic E-state index is 12.5. The molecule has 6 nitrogen and oxygen atoms in total. The second-order valence-electron chi connectivity index (χ2n) is 6.25. The fourth-order valence-corrected chi connectivity index (χ4v) is 2.79. The van der Waals surface area contributed by atoms with E-state index >= 15 is 0 Å². The second-order valence-corrected chi connectivity index (χ2v) is 7.50. The minimum absolute atomic E-state index is 0.0337. The molecule has 2 aromatic rings. The van der Waals surface area contributed by atoms with Gasteiger partial charge in [-0.2, -0.15) is 5.48 Å². The number of carbonyl (C=O) groups is 1. The smallest absolute Gasteiger partial charge is 0.167 e. The van der Waals surface area contributed by atoms with E-state index in [1.807, 2.05) is 31.3 Å². The van der Waals surface area contributed by atoms with E-state index in [2.05, 4.69) is 40.0 Å². The van der Waals surface area contributed by atoms with Crippen LogP contribution in [0.25, 0.3) is 5.57 Å². The van der Waals surface area contributed by atoms with Gasteiger partial charge in [0, 0.05) is 28.6 Å². The highest BCUT2D eigenvalue weighted by Crippen LogP contribution is 2.21. The van der Waals surface area contributed by atoms with Crippen LogP contribution in [0.15, 0.2) is 55.1 Å². The first-order valence-corrected chi connectivity index (χ1v) is 10.4. The third-order valence-electron chi connectivity index (χ3n) is 4.02. The Labute approximate surface area is 185 Å². The van der Waals surface area contributed by atoms with Crippen LogP contribution in [0.2, 0.25) is 0 Å². The number of ether oxygens (including phenoxy) is 2. The highest BCUT2D eigenvalue weighted by Gasteiger charge is 2.09. The van der Waals surface area contributed by atoms with E-state index in [-0.39, 0.29) is 19.0 Å². The first-order chi connectivity index (χ1) is 14.1. The van der Waals surface area contributed by atoms with Gasteiger partial charge in [-0.15, -0.1) is 0 Å². The van der Waals surface area contributed by atoms with Crippen molar-refractivity contribution in [2.75, 3.05) is 40.1 Å². The predicted molar refractivity (Wildman–Crippen MR) is 123 cm³/mol. The van der Waals surface area contributed by atoms with E-state index in [4.69, 9.17) is 14.3 Å². The standard InChI is InChI=1S/C22H27IN2O4/c1-17(18-3-7-20(23)8-4-18)15-22(26)19-5-9-21(10-6-19)28-14-13-27-16-29-25-12-11-24-2/h3-10,24-25H,1,11-16H2,2H3. The molecule has 0 spiro atoms. The van der Waals surface area contributed by atoms with Crippen LogP contribution in [0.1, 0.15) is 22.3 Å². The lowest BCUT2D eigenvalue weighted by Gasteiger charge is -2.09. The zero-order chi connectivity index (χ0) is 20.9. The number of allylic oxidation sites excluding steroid dienone is 1. The van der Waals surface area contributed by atoms with Gasteiger partial charge in [-0.05, 0) is 77.2 Å². The molecule has 7 heteroatoms. The van der Waals surface area contributed by atoms with E-state index in [0.29, 0.717) is 31.1 Å². The van der Waals surface area contributed by atoms with Crippen LogP contribution in [-0.4, -0.2) is 45.9 Å². The summed E-state index contributed by atoms with van der Waals surface area (Å²) in [5.41, 5.74) is 5.21. The molecule has 2 rings (SSSR count). The van der Waals surface area contributed by atoms with Crippen molar-refractivity contribution in [3.8, 4) is 5.75 Å². The molecule has 29 heavy (non-hydrogen) atoms. The molecule has 2 aromatic carbocycles. The molecule has 0 aliphatic heterocycles. The molecule has 2 N–H and O–H groups in total. The van der Waals surface area contributed by atoms with Gasteiger partial charge in [0.05, 0.1) is 6.61 Å². The van der Waals surface area contributed by atoms with Gasteiger partial charge in [-0.25, -0.2) is 0 Å². The van der Waals surface area contributed by atoms with Gasteiger partial charge in [-0.1, -0.05) is 18.7 Å². The van der Waals surface area contributed by atoms with Crippen molar-refractivity contribution >= 4 is 33.9 Å². The second kappa shape index (κ2) is 13.4. The number of benzene rings is 2. The molecule has 0 bridgehead atoms. The average Bonchev–Trinajstić information content (AvgIpc) is 2.73. The Morgan fingerprint density at radius 1 is 1.00 bits per heavy atom. The Bertz CT molecular complexity index is 763. The summed E-state index contributed by atoms with van der Waals surface area (Å²) >= 11 is 2.25. The summed E-state index contributed by atoms with van der Waals surface area (Å²) in [6, 6.07) is 15.1. The zero-order valence-corrected chi connectivity index (χ0v) is 18.7. The fraction of sp³-hybridized carbons (Fsp3) is 0.318. The lowest BCUT2D eigenvalue weighted by atomic mass is 9.99. The van der Waals surface area contributed by atoms with E-state index in [1.165, 1.54) is 0 Å². The summed E-state index contributed by atoms with van der Waals surface area (Å²) in [6.45, 7) is 6.54. The van der Waals surface area contributed by atoms with Gasteiger partial charge in [-0.3, -0.25) is 9.63 Å². The predicted octanol–water partition coefficient (Wildman–Crippen LogP) is 3.67. The van der Waals surface area contributed by atoms with E-state index < -0.39 is 0 Å². The largest absolute Gasteiger partial charge is 0.491 e. The molecule has 0 radical (unpaired) electrons. The molecular weight excluding hydrogens is 483 g/mol. The van der Waals surface area contributed by atoms with Gasteiger partial charge < -0.3 is 14.8 Å². The van der Waals surface area contributed by atoms with Crippen molar-refractivity contribution in [2.45, 2.75) is 6.42 Å². The van der Waals surface area contributed by atoms with Crippen molar-refractivity contribution in [3.05, 3.63) is 69.8 Å². The van der Waals surface area contributed by atoms with Crippen LogP contribution in [0, 0.1) is 3.57 Å². The van der Waals surface area contributed by atoms with Gasteiger partial charge in [0.2, 0.25) is 0 Å². The number of hydroxylamine groups is 1. The van der Waals surface area contributed by atoms with Crippen LogP contribution >= 0.6 is 22.6 Å². The molecular formula is C22H27IN2O4. The lowest BCUT2D eigenvalue weighted by Crippen LogP contribution is -2.26. The Morgan fingerprint density at radius 2 is 1.69 bits per heavy atom. The van der Waals surface area contributed by atoms with Gasteiger partial charge in [0.15, 0.2) is 12.6 Å². The van der Waals surface area contributed by atoms with Crippen LogP contribution in [0.3, 0.4) is 0 Å². The average molecular weight is 510 g/mol. The van der Waals surface area contributed by atoms with Crippen molar-refractivity contribution in [1.29, 1.82) is 0 Å². The maximum atomic E-state index is 12.5. The minimum Gasteiger partial charge on any atom is -0.491 e. The van der Waals surface area contributed by atoms with Crippen molar-refractivity contribution in [2.24, 2.45) is 0 Å². The number of hydrogen-bond donors (Lipinski definition) is 2. The molecule has 0 aliphatic rings. The molecule has 0 unspecified atom stereocenters. The maximum Gasteiger partial charge on any atom is 0.167 e. The van der Waals surface area contributed by atoms with Crippen LogP contribution in [0.4, 0.5) is 0 Å². The van der Waals surface area contributed by atoms with Crippen LogP contribution < -0.4 is 15.5 Å². The van der Waals surface area contributed by atoms with Gasteiger partial charge in [0.1, 0.15) is 12.4 Å². The first kappa shape index (κ1) is 23.5. The topological polar surface area (TPSA) is 68.8 Å². The molecule has 0 fully saturated rings. The monoisotopic (exact) mass is 510 g/mol. The van der Waals surface area contributed by atoms with Crippen molar-refractivity contribution in [1.82, 2.24) is 10.8 Å². The Morgan fingerprint density at radius 3 is 2.38 bits per heavy atom. The van der Waals surface area contributed by atoms with E-state index in [0.717, 1.165) is 21.3 Å². The zero-order valence-electron chi connectivity index (χ0n) is 16.6. The number of Topliss-reactive ketones (excluding diaryl/α,β-unsaturated/α-hetero) is 1. The summed E-state index contributed by atoms with van der Waals surface area (Å²) in [5.74, 6) is 0.723. The lowest BCUT2D eigenvalue weighted by molar-refractivity contribution is -0.102. The summed E-state index contributed by atoms with van der Waals surface area (Å²) < 4.78 is 12.1. The Hall–Kier alpha value is -1.78. The van der Waals surface area contributed by atoms with Crippen LogP contribution in [0.5, 0.6) is 5.75 Å². The number of carbonyl (C=O) groups excluding carboxylic acids is 1. The summed E-state index contributed by atoms with van der Waals surface area (Å²) in [7, 11) is 1.87.